The Hall–Kier alpha value is -1.85. The molecule has 0 saturated heterocycles. The molecular weight excluding hydrogens is 298 g/mol. The lowest BCUT2D eigenvalue weighted by Gasteiger charge is -2.17. The lowest BCUT2D eigenvalue weighted by atomic mass is 9.95. The first-order valence-corrected chi connectivity index (χ1v) is 8.21. The number of ether oxygens (including phenoxy) is 1. The molecule has 0 aliphatic carbocycles. The molecule has 1 amide bonds. The molecule has 0 saturated carbocycles. The second kappa shape index (κ2) is 7.96. The summed E-state index contributed by atoms with van der Waals surface area (Å²) in [5, 5.41) is 16.7. The highest BCUT2D eigenvalue weighted by molar-refractivity contribution is 7.07. The van der Waals surface area contributed by atoms with Crippen LogP contribution in [-0.4, -0.2) is 24.7 Å². The Balaban J connectivity index is 1.96. The van der Waals surface area contributed by atoms with E-state index < -0.39 is 6.10 Å². The van der Waals surface area contributed by atoms with Crippen molar-refractivity contribution in [2.45, 2.75) is 25.4 Å². The van der Waals surface area contributed by atoms with E-state index in [4.69, 9.17) is 4.74 Å². The predicted octanol–water partition coefficient (Wildman–Crippen LogP) is 3.10. The average molecular weight is 319 g/mol. The van der Waals surface area contributed by atoms with Gasteiger partial charge < -0.3 is 15.2 Å². The molecule has 2 atom stereocenters. The van der Waals surface area contributed by atoms with E-state index in [1.54, 1.807) is 7.11 Å². The zero-order valence-electron chi connectivity index (χ0n) is 12.8. The minimum atomic E-state index is -0.663. The second-order valence-corrected chi connectivity index (χ2v) is 5.83. The van der Waals surface area contributed by atoms with Crippen LogP contribution in [0.1, 0.15) is 36.5 Å². The van der Waals surface area contributed by atoms with Crippen LogP contribution in [0.4, 0.5) is 0 Å². The summed E-state index contributed by atoms with van der Waals surface area (Å²) in [6.45, 7) is 2.20. The van der Waals surface area contributed by atoms with Crippen molar-refractivity contribution in [1.29, 1.82) is 0 Å². The van der Waals surface area contributed by atoms with Crippen molar-refractivity contribution in [2.75, 3.05) is 13.7 Å². The average Bonchev–Trinajstić information content (AvgIpc) is 3.08. The molecule has 0 spiro atoms. The highest BCUT2D eigenvalue weighted by atomic mass is 32.1. The Bertz CT molecular complexity index is 580. The van der Waals surface area contributed by atoms with E-state index in [9.17, 15) is 9.90 Å². The van der Waals surface area contributed by atoms with E-state index in [2.05, 4.69) is 5.32 Å². The van der Waals surface area contributed by atoms with Gasteiger partial charge in [0.2, 0.25) is 5.91 Å². The summed E-state index contributed by atoms with van der Waals surface area (Å²) < 4.78 is 5.13. The third-order valence-corrected chi connectivity index (χ3v) is 4.34. The number of benzene rings is 1. The van der Waals surface area contributed by atoms with Gasteiger partial charge in [0.15, 0.2) is 0 Å². The van der Waals surface area contributed by atoms with Gasteiger partial charge in [0.05, 0.1) is 19.1 Å². The fourth-order valence-electron chi connectivity index (χ4n) is 2.31. The summed E-state index contributed by atoms with van der Waals surface area (Å²) in [7, 11) is 1.62. The first-order valence-electron chi connectivity index (χ1n) is 7.27. The summed E-state index contributed by atoms with van der Waals surface area (Å²) in [5.41, 5.74) is 1.79. The zero-order chi connectivity index (χ0) is 15.9. The normalized spacial score (nSPS) is 13.4. The number of methoxy groups -OCH3 is 1. The SMILES string of the molecule is CCC(C(=O)NCC(O)c1ccsc1)c1ccc(OC)cc1. The van der Waals surface area contributed by atoms with Crippen molar-refractivity contribution in [2.24, 2.45) is 0 Å². The van der Waals surface area contributed by atoms with Crippen molar-refractivity contribution in [3.8, 4) is 5.75 Å². The highest BCUT2D eigenvalue weighted by Crippen LogP contribution is 2.23. The molecule has 2 unspecified atom stereocenters. The third kappa shape index (κ3) is 4.08. The molecule has 2 N–H and O–H groups in total. The maximum atomic E-state index is 12.4. The number of hydrogen-bond acceptors (Lipinski definition) is 4. The van der Waals surface area contributed by atoms with E-state index in [0.717, 1.165) is 16.9 Å². The van der Waals surface area contributed by atoms with Crippen LogP contribution in [0.25, 0.3) is 0 Å². The van der Waals surface area contributed by atoms with Crippen molar-refractivity contribution in [3.63, 3.8) is 0 Å². The number of rotatable bonds is 7. The van der Waals surface area contributed by atoms with Gasteiger partial charge in [-0.3, -0.25) is 4.79 Å². The largest absolute Gasteiger partial charge is 0.497 e. The fourth-order valence-corrected chi connectivity index (χ4v) is 3.02. The molecule has 1 aromatic heterocycles. The van der Waals surface area contributed by atoms with Gasteiger partial charge in [0, 0.05) is 6.54 Å². The maximum Gasteiger partial charge on any atom is 0.227 e. The van der Waals surface area contributed by atoms with Gasteiger partial charge in [-0.05, 0) is 46.5 Å². The molecule has 118 valence electrons. The van der Waals surface area contributed by atoms with E-state index in [1.165, 1.54) is 11.3 Å². The Kier molecular flexibility index (Phi) is 5.98. The zero-order valence-corrected chi connectivity index (χ0v) is 13.6. The fraction of sp³-hybridized carbons (Fsp3) is 0.353. The van der Waals surface area contributed by atoms with E-state index in [-0.39, 0.29) is 18.4 Å². The smallest absolute Gasteiger partial charge is 0.227 e. The molecule has 1 aromatic carbocycles. The summed E-state index contributed by atoms with van der Waals surface area (Å²) in [6.07, 6.45) is 0.0377. The summed E-state index contributed by atoms with van der Waals surface area (Å²) in [4.78, 5) is 12.4. The topological polar surface area (TPSA) is 58.6 Å². The molecule has 2 rings (SSSR count). The lowest BCUT2D eigenvalue weighted by molar-refractivity contribution is -0.123. The van der Waals surface area contributed by atoms with Crippen LogP contribution in [0.3, 0.4) is 0 Å². The van der Waals surface area contributed by atoms with Crippen LogP contribution in [0.5, 0.6) is 5.75 Å². The molecule has 0 aliphatic rings. The van der Waals surface area contributed by atoms with Crippen LogP contribution in [0.2, 0.25) is 0 Å². The van der Waals surface area contributed by atoms with Gasteiger partial charge in [-0.1, -0.05) is 19.1 Å². The second-order valence-electron chi connectivity index (χ2n) is 5.05. The van der Waals surface area contributed by atoms with Crippen molar-refractivity contribution in [1.82, 2.24) is 5.32 Å². The number of nitrogens with one attached hydrogen (secondary N) is 1. The molecule has 1 heterocycles. The molecular formula is C17H21NO3S. The van der Waals surface area contributed by atoms with Crippen molar-refractivity contribution < 1.29 is 14.6 Å². The number of amides is 1. The number of hydrogen-bond donors (Lipinski definition) is 2. The minimum Gasteiger partial charge on any atom is -0.497 e. The van der Waals surface area contributed by atoms with Gasteiger partial charge >= 0.3 is 0 Å². The molecule has 5 heteroatoms. The van der Waals surface area contributed by atoms with Crippen LogP contribution in [-0.2, 0) is 4.79 Å². The highest BCUT2D eigenvalue weighted by Gasteiger charge is 2.19. The molecule has 0 aliphatic heterocycles. The summed E-state index contributed by atoms with van der Waals surface area (Å²) in [5.74, 6) is 0.481. The van der Waals surface area contributed by atoms with Crippen LogP contribution < -0.4 is 10.1 Å². The quantitative estimate of drug-likeness (QED) is 0.824. The molecule has 2 aromatic rings. The first-order chi connectivity index (χ1) is 10.7. The summed E-state index contributed by atoms with van der Waals surface area (Å²) in [6, 6.07) is 9.38. The van der Waals surface area contributed by atoms with Gasteiger partial charge in [0.25, 0.3) is 0 Å². The Morgan fingerprint density at radius 3 is 2.55 bits per heavy atom. The monoisotopic (exact) mass is 319 g/mol. The summed E-state index contributed by atoms with van der Waals surface area (Å²) >= 11 is 1.53. The van der Waals surface area contributed by atoms with Crippen LogP contribution in [0.15, 0.2) is 41.1 Å². The number of carbonyl (C=O) groups excluding carboxylic acids is 1. The molecule has 4 nitrogen and oxygen atoms in total. The third-order valence-electron chi connectivity index (χ3n) is 3.64. The minimum absolute atomic E-state index is 0.0676. The van der Waals surface area contributed by atoms with Crippen molar-refractivity contribution >= 4 is 17.2 Å². The predicted molar refractivity (Wildman–Crippen MR) is 88.3 cm³/mol. The van der Waals surface area contributed by atoms with E-state index in [1.807, 2.05) is 48.0 Å². The Morgan fingerprint density at radius 1 is 1.27 bits per heavy atom. The number of aliphatic hydroxyl groups excluding tert-OH is 1. The van der Waals surface area contributed by atoms with E-state index in [0.29, 0.717) is 6.42 Å². The van der Waals surface area contributed by atoms with Gasteiger partial charge in [-0.25, -0.2) is 0 Å². The number of thiophene rings is 1. The Morgan fingerprint density at radius 2 is 2.00 bits per heavy atom. The Labute approximate surface area is 134 Å². The number of carbonyl (C=O) groups is 1. The number of aliphatic hydroxyl groups is 1. The van der Waals surface area contributed by atoms with Crippen molar-refractivity contribution in [3.05, 3.63) is 52.2 Å². The van der Waals surface area contributed by atoms with Gasteiger partial charge in [0.1, 0.15) is 5.75 Å². The van der Waals surface area contributed by atoms with Gasteiger partial charge in [-0.2, -0.15) is 11.3 Å². The van der Waals surface area contributed by atoms with Gasteiger partial charge in [-0.15, -0.1) is 0 Å². The molecule has 0 radical (unpaired) electrons. The standard InChI is InChI=1S/C17H21NO3S/c1-3-15(12-4-6-14(21-2)7-5-12)17(20)18-10-16(19)13-8-9-22-11-13/h4-9,11,15-16,19H,3,10H2,1-2H3,(H,18,20). The molecule has 0 bridgehead atoms. The molecule has 22 heavy (non-hydrogen) atoms. The molecule has 0 fully saturated rings. The first kappa shape index (κ1) is 16.5. The van der Waals surface area contributed by atoms with Crippen LogP contribution in [0, 0.1) is 0 Å². The lowest BCUT2D eigenvalue weighted by Crippen LogP contribution is -2.32. The van der Waals surface area contributed by atoms with Crippen LogP contribution >= 0.6 is 11.3 Å². The van der Waals surface area contributed by atoms with E-state index >= 15 is 0 Å². The maximum absolute atomic E-state index is 12.4.